The summed E-state index contributed by atoms with van der Waals surface area (Å²) in [5, 5.41) is 3.30. The molecule has 0 spiro atoms. The molecule has 1 aromatic rings. The van der Waals surface area contributed by atoms with Crippen molar-refractivity contribution >= 4 is 0 Å². The maximum absolute atomic E-state index is 4.78. The van der Waals surface area contributed by atoms with Gasteiger partial charge in [-0.25, -0.2) is 9.97 Å². The number of aryl methyl sites for hydroxylation is 2. The summed E-state index contributed by atoms with van der Waals surface area (Å²) in [7, 11) is 2.02. The first kappa shape index (κ1) is 12.5. The van der Waals surface area contributed by atoms with Crippen molar-refractivity contribution in [1.29, 1.82) is 0 Å². The number of hydrogen-bond acceptors (Lipinski definition) is 3. The smallest absolute Gasteiger partial charge is 0.136 e. The quantitative estimate of drug-likeness (QED) is 0.848. The Balaban J connectivity index is 2.30. The van der Waals surface area contributed by atoms with Gasteiger partial charge in [0.15, 0.2) is 0 Å². The van der Waals surface area contributed by atoms with Gasteiger partial charge in [-0.15, -0.1) is 0 Å². The minimum Gasteiger partial charge on any atom is -0.319 e. The lowest BCUT2D eigenvalue weighted by molar-refractivity contribution is 0.223. The molecule has 94 valence electrons. The minimum absolute atomic E-state index is 0.212. The third kappa shape index (κ3) is 2.49. The number of nitrogens with one attached hydrogen (secondary N) is 1. The Morgan fingerprint density at radius 1 is 1.35 bits per heavy atom. The van der Waals surface area contributed by atoms with Gasteiger partial charge in [-0.1, -0.05) is 19.8 Å². The molecule has 0 amide bonds. The van der Waals surface area contributed by atoms with E-state index in [9.17, 15) is 0 Å². The van der Waals surface area contributed by atoms with Crippen LogP contribution in [0.5, 0.6) is 0 Å². The first-order valence-electron chi connectivity index (χ1n) is 6.70. The van der Waals surface area contributed by atoms with Crippen LogP contribution in [-0.2, 0) is 11.8 Å². The molecule has 0 aromatic carbocycles. The number of hydrogen-bond donors (Lipinski definition) is 1. The van der Waals surface area contributed by atoms with Crippen molar-refractivity contribution in [2.75, 3.05) is 13.6 Å². The number of aromatic nitrogens is 2. The Bertz CT molecular complexity index is 383. The van der Waals surface area contributed by atoms with Crippen molar-refractivity contribution in [3.63, 3.8) is 0 Å². The first-order chi connectivity index (χ1) is 8.20. The lowest BCUT2D eigenvalue weighted by atomic mass is 9.68. The van der Waals surface area contributed by atoms with Crippen LogP contribution in [0, 0.1) is 6.92 Å². The fourth-order valence-electron chi connectivity index (χ4n) is 2.68. The van der Waals surface area contributed by atoms with E-state index < -0.39 is 0 Å². The molecule has 1 aromatic heterocycles. The normalized spacial score (nSPS) is 17.8. The van der Waals surface area contributed by atoms with Crippen molar-refractivity contribution in [3.8, 4) is 0 Å². The molecule has 1 aliphatic carbocycles. The van der Waals surface area contributed by atoms with Crippen molar-refractivity contribution in [2.24, 2.45) is 0 Å². The van der Waals surface area contributed by atoms with E-state index in [0.29, 0.717) is 0 Å². The summed E-state index contributed by atoms with van der Waals surface area (Å²) in [6.07, 6.45) is 5.97. The Hall–Kier alpha value is -0.960. The molecule has 0 aliphatic heterocycles. The van der Waals surface area contributed by atoms with Crippen LogP contribution in [0.2, 0.25) is 0 Å². The second-order valence-corrected chi connectivity index (χ2v) is 5.24. The van der Waals surface area contributed by atoms with Crippen LogP contribution < -0.4 is 5.32 Å². The molecule has 0 saturated heterocycles. The van der Waals surface area contributed by atoms with Gasteiger partial charge < -0.3 is 5.32 Å². The highest BCUT2D eigenvalue weighted by Gasteiger charge is 2.40. The lowest BCUT2D eigenvalue weighted by Gasteiger charge is -2.40. The first-order valence-corrected chi connectivity index (χ1v) is 6.70. The predicted molar refractivity (Wildman–Crippen MR) is 70.2 cm³/mol. The Kier molecular flexibility index (Phi) is 3.77. The molecular weight excluding hydrogens is 210 g/mol. The maximum atomic E-state index is 4.78. The Labute approximate surface area is 104 Å². The van der Waals surface area contributed by atoms with Gasteiger partial charge in [0.2, 0.25) is 0 Å². The monoisotopic (exact) mass is 233 g/mol. The van der Waals surface area contributed by atoms with Crippen molar-refractivity contribution in [2.45, 2.75) is 51.4 Å². The van der Waals surface area contributed by atoms with Gasteiger partial charge >= 0.3 is 0 Å². The zero-order valence-corrected chi connectivity index (χ0v) is 11.2. The molecule has 1 saturated carbocycles. The van der Waals surface area contributed by atoms with Crippen LogP contribution in [0.3, 0.4) is 0 Å². The summed E-state index contributed by atoms with van der Waals surface area (Å²) >= 11 is 0. The fraction of sp³-hybridized carbons (Fsp3) is 0.714. The number of likely N-dealkylation sites (N-methyl/N-ethyl adjacent to an activating group) is 1. The SMILES string of the molecule is CCCc1cc(C)nc(C2(CNC)CCC2)n1. The molecule has 0 unspecified atom stereocenters. The standard InChI is InChI=1S/C14H23N3/c1-4-6-12-9-11(2)16-13(17-12)14(10-15-3)7-5-8-14/h9,15H,4-8,10H2,1-3H3. The van der Waals surface area contributed by atoms with Gasteiger partial charge in [0, 0.05) is 23.3 Å². The van der Waals surface area contributed by atoms with Gasteiger partial charge in [-0.2, -0.15) is 0 Å². The van der Waals surface area contributed by atoms with Crippen molar-refractivity contribution in [3.05, 3.63) is 23.3 Å². The predicted octanol–water partition coefficient (Wildman–Crippen LogP) is 2.38. The van der Waals surface area contributed by atoms with Crippen molar-refractivity contribution in [1.82, 2.24) is 15.3 Å². The zero-order valence-electron chi connectivity index (χ0n) is 11.2. The van der Waals surface area contributed by atoms with Gasteiger partial charge in [0.05, 0.1) is 0 Å². The van der Waals surface area contributed by atoms with E-state index >= 15 is 0 Å². The van der Waals surface area contributed by atoms with Crippen LogP contribution in [0.1, 0.15) is 49.8 Å². The van der Waals surface area contributed by atoms with E-state index in [2.05, 4.69) is 30.2 Å². The molecule has 0 radical (unpaired) electrons. The molecule has 2 rings (SSSR count). The topological polar surface area (TPSA) is 37.8 Å². The van der Waals surface area contributed by atoms with Crippen molar-refractivity contribution < 1.29 is 0 Å². The second-order valence-electron chi connectivity index (χ2n) is 5.24. The highest BCUT2D eigenvalue weighted by molar-refractivity contribution is 5.19. The van der Waals surface area contributed by atoms with E-state index in [-0.39, 0.29) is 5.41 Å². The molecule has 0 bridgehead atoms. The molecular formula is C14H23N3. The second kappa shape index (κ2) is 5.13. The van der Waals surface area contributed by atoms with E-state index in [1.54, 1.807) is 0 Å². The van der Waals surface area contributed by atoms with Gasteiger partial charge in [-0.05, 0) is 39.3 Å². The lowest BCUT2D eigenvalue weighted by Crippen LogP contribution is -2.44. The Morgan fingerprint density at radius 3 is 2.65 bits per heavy atom. The molecule has 3 nitrogen and oxygen atoms in total. The maximum Gasteiger partial charge on any atom is 0.136 e. The average molecular weight is 233 g/mol. The molecule has 1 aliphatic rings. The Morgan fingerprint density at radius 2 is 2.12 bits per heavy atom. The molecule has 1 N–H and O–H groups in total. The molecule has 3 heteroatoms. The highest BCUT2D eigenvalue weighted by atomic mass is 15.0. The third-order valence-corrected chi connectivity index (χ3v) is 3.71. The molecule has 17 heavy (non-hydrogen) atoms. The van der Waals surface area contributed by atoms with Crippen LogP contribution >= 0.6 is 0 Å². The van der Waals surface area contributed by atoms with Crippen LogP contribution in [-0.4, -0.2) is 23.6 Å². The number of rotatable bonds is 5. The van der Waals surface area contributed by atoms with Crippen LogP contribution in [0.15, 0.2) is 6.07 Å². The summed E-state index contributed by atoms with van der Waals surface area (Å²) < 4.78 is 0. The summed E-state index contributed by atoms with van der Waals surface area (Å²) in [4.78, 5) is 9.46. The summed E-state index contributed by atoms with van der Waals surface area (Å²) in [6, 6.07) is 2.12. The minimum atomic E-state index is 0.212. The average Bonchev–Trinajstić information content (AvgIpc) is 2.23. The summed E-state index contributed by atoms with van der Waals surface area (Å²) in [5.41, 5.74) is 2.53. The van der Waals surface area contributed by atoms with Gasteiger partial charge in [0.1, 0.15) is 5.82 Å². The molecule has 1 fully saturated rings. The van der Waals surface area contributed by atoms with Gasteiger partial charge in [-0.3, -0.25) is 0 Å². The third-order valence-electron chi connectivity index (χ3n) is 3.71. The van der Waals surface area contributed by atoms with E-state index in [4.69, 9.17) is 4.98 Å². The molecule has 0 atom stereocenters. The highest BCUT2D eigenvalue weighted by Crippen LogP contribution is 2.41. The fourth-order valence-corrected chi connectivity index (χ4v) is 2.68. The largest absolute Gasteiger partial charge is 0.319 e. The van der Waals surface area contributed by atoms with Crippen LogP contribution in [0.25, 0.3) is 0 Å². The van der Waals surface area contributed by atoms with E-state index in [0.717, 1.165) is 30.9 Å². The zero-order chi connectivity index (χ0) is 12.3. The number of nitrogens with zero attached hydrogens (tertiary/aromatic N) is 2. The van der Waals surface area contributed by atoms with Crippen LogP contribution in [0.4, 0.5) is 0 Å². The summed E-state index contributed by atoms with van der Waals surface area (Å²) in [5.74, 6) is 1.07. The van der Waals surface area contributed by atoms with Gasteiger partial charge in [0.25, 0.3) is 0 Å². The summed E-state index contributed by atoms with van der Waals surface area (Å²) in [6.45, 7) is 5.28. The molecule has 1 heterocycles. The van der Waals surface area contributed by atoms with E-state index in [1.165, 1.54) is 25.0 Å². The van der Waals surface area contributed by atoms with E-state index in [1.807, 2.05) is 7.05 Å².